The van der Waals surface area contributed by atoms with E-state index in [1.807, 2.05) is 18.2 Å². The van der Waals surface area contributed by atoms with Crippen LogP contribution in [0.25, 0.3) is 10.2 Å². The van der Waals surface area contributed by atoms with Crippen molar-refractivity contribution in [3.8, 4) is 0 Å². The topological polar surface area (TPSA) is 45.2 Å². The Morgan fingerprint density at radius 3 is 2.91 bits per heavy atom. The van der Waals surface area contributed by atoms with Crippen LogP contribution >= 0.6 is 23.1 Å². The first-order valence-corrected chi connectivity index (χ1v) is 10.0. The lowest BCUT2D eigenvalue weighted by atomic mass is 10.1. The maximum absolute atomic E-state index is 12.1. The van der Waals surface area contributed by atoms with Gasteiger partial charge in [0.25, 0.3) is 0 Å². The molecule has 1 saturated heterocycles. The lowest BCUT2D eigenvalue weighted by Crippen LogP contribution is -2.45. The number of hydrogen-bond acceptors (Lipinski definition) is 5. The van der Waals surface area contributed by atoms with E-state index in [1.165, 1.54) is 29.4 Å². The molecule has 1 aliphatic heterocycles. The number of carbonyl (C=O) groups excluding carboxylic acids is 1. The number of fused-ring (bicyclic) bond motifs is 1. The number of hydrogen-bond donors (Lipinski definition) is 1. The average Bonchev–Trinajstić information content (AvgIpc) is 2.98. The first-order valence-electron chi connectivity index (χ1n) is 8.24. The van der Waals surface area contributed by atoms with Crippen LogP contribution in [-0.4, -0.2) is 47.2 Å². The van der Waals surface area contributed by atoms with Gasteiger partial charge in [0.15, 0.2) is 4.34 Å². The van der Waals surface area contributed by atoms with E-state index in [9.17, 15) is 4.79 Å². The Morgan fingerprint density at radius 2 is 2.17 bits per heavy atom. The predicted molar refractivity (Wildman–Crippen MR) is 98.2 cm³/mol. The maximum atomic E-state index is 12.1. The number of thiazole rings is 1. The van der Waals surface area contributed by atoms with Crippen molar-refractivity contribution in [3.63, 3.8) is 0 Å². The number of piperidine rings is 1. The monoisotopic (exact) mass is 349 g/mol. The molecule has 23 heavy (non-hydrogen) atoms. The molecular weight excluding hydrogens is 326 g/mol. The van der Waals surface area contributed by atoms with Crippen LogP contribution in [0.5, 0.6) is 0 Å². The molecule has 1 aliphatic rings. The molecule has 124 valence electrons. The fourth-order valence-electron chi connectivity index (χ4n) is 2.93. The van der Waals surface area contributed by atoms with E-state index < -0.39 is 0 Å². The SMILES string of the molecule is CCCN1CCC(NC(=O)CSc2nc3ccccc3s2)CC1. The zero-order chi connectivity index (χ0) is 16.1. The largest absolute Gasteiger partial charge is 0.353 e. The summed E-state index contributed by atoms with van der Waals surface area (Å²) in [7, 11) is 0. The molecule has 2 heterocycles. The van der Waals surface area contributed by atoms with Crippen LogP contribution in [0.1, 0.15) is 26.2 Å². The number of nitrogens with zero attached hydrogens (tertiary/aromatic N) is 2. The van der Waals surface area contributed by atoms with E-state index in [0.29, 0.717) is 11.8 Å². The molecule has 2 aromatic rings. The second kappa shape index (κ2) is 8.13. The molecule has 1 aromatic carbocycles. The third kappa shape index (κ3) is 4.68. The van der Waals surface area contributed by atoms with Crippen molar-refractivity contribution in [2.45, 2.75) is 36.6 Å². The fraction of sp³-hybridized carbons (Fsp3) is 0.529. The van der Waals surface area contributed by atoms with Gasteiger partial charge in [0.05, 0.1) is 16.0 Å². The normalized spacial score (nSPS) is 16.7. The molecule has 1 fully saturated rings. The number of thioether (sulfide) groups is 1. The highest BCUT2D eigenvalue weighted by atomic mass is 32.2. The third-order valence-corrected chi connectivity index (χ3v) is 6.27. The standard InChI is InChI=1S/C17H23N3OS2/c1-2-9-20-10-7-13(8-11-20)18-16(21)12-22-17-19-14-5-3-4-6-15(14)23-17/h3-6,13H,2,7-12H2,1H3,(H,18,21). The Balaban J connectivity index is 1.43. The lowest BCUT2D eigenvalue weighted by molar-refractivity contribution is -0.119. The van der Waals surface area contributed by atoms with Crippen LogP contribution in [-0.2, 0) is 4.79 Å². The van der Waals surface area contributed by atoms with Crippen LogP contribution in [0.4, 0.5) is 0 Å². The molecule has 0 spiro atoms. The van der Waals surface area contributed by atoms with E-state index in [2.05, 4.69) is 28.2 Å². The van der Waals surface area contributed by atoms with E-state index in [4.69, 9.17) is 0 Å². The summed E-state index contributed by atoms with van der Waals surface area (Å²) in [4.78, 5) is 19.2. The van der Waals surface area contributed by atoms with Gasteiger partial charge in [-0.1, -0.05) is 30.8 Å². The Labute approximate surface area is 145 Å². The maximum Gasteiger partial charge on any atom is 0.230 e. The van der Waals surface area contributed by atoms with Crippen LogP contribution < -0.4 is 5.32 Å². The van der Waals surface area contributed by atoms with Gasteiger partial charge in [-0.2, -0.15) is 0 Å². The number of rotatable bonds is 6. The molecule has 1 aromatic heterocycles. The summed E-state index contributed by atoms with van der Waals surface area (Å²) in [5.41, 5.74) is 1.02. The van der Waals surface area contributed by atoms with Crippen LogP contribution in [0, 0.1) is 0 Å². The molecule has 0 unspecified atom stereocenters. The Kier molecular flexibility index (Phi) is 5.91. The number of para-hydroxylation sites is 1. The van der Waals surface area contributed by atoms with Crippen LogP contribution in [0.2, 0.25) is 0 Å². The van der Waals surface area contributed by atoms with E-state index in [1.54, 1.807) is 11.3 Å². The summed E-state index contributed by atoms with van der Waals surface area (Å²) in [6, 6.07) is 8.44. The van der Waals surface area contributed by atoms with Crippen molar-refractivity contribution >= 4 is 39.2 Å². The van der Waals surface area contributed by atoms with E-state index >= 15 is 0 Å². The summed E-state index contributed by atoms with van der Waals surface area (Å²) in [6.45, 7) is 5.59. The molecule has 0 atom stereocenters. The Bertz CT molecular complexity index is 617. The highest BCUT2D eigenvalue weighted by Gasteiger charge is 2.20. The quantitative estimate of drug-likeness (QED) is 0.812. The van der Waals surface area contributed by atoms with Gasteiger partial charge in [0, 0.05) is 19.1 Å². The van der Waals surface area contributed by atoms with Gasteiger partial charge >= 0.3 is 0 Å². The Hall–Kier alpha value is -1.11. The summed E-state index contributed by atoms with van der Waals surface area (Å²) in [5.74, 6) is 0.581. The van der Waals surface area contributed by atoms with Gasteiger partial charge in [-0.25, -0.2) is 4.98 Å². The number of aromatic nitrogens is 1. The van der Waals surface area contributed by atoms with Gasteiger partial charge in [-0.05, 0) is 37.9 Å². The van der Waals surface area contributed by atoms with E-state index in [-0.39, 0.29) is 5.91 Å². The first-order chi connectivity index (χ1) is 11.2. The molecule has 0 saturated carbocycles. The van der Waals surface area contributed by atoms with Gasteiger partial charge in [-0.3, -0.25) is 4.79 Å². The van der Waals surface area contributed by atoms with Gasteiger partial charge < -0.3 is 10.2 Å². The molecule has 1 amide bonds. The van der Waals surface area contributed by atoms with E-state index in [0.717, 1.165) is 35.8 Å². The van der Waals surface area contributed by atoms with Crippen molar-refractivity contribution in [1.29, 1.82) is 0 Å². The van der Waals surface area contributed by atoms with Crippen molar-refractivity contribution in [3.05, 3.63) is 24.3 Å². The number of amides is 1. The number of carbonyl (C=O) groups is 1. The molecule has 0 bridgehead atoms. The average molecular weight is 350 g/mol. The zero-order valence-corrected chi connectivity index (χ0v) is 15.1. The molecule has 0 aliphatic carbocycles. The number of nitrogens with one attached hydrogen (secondary N) is 1. The Morgan fingerprint density at radius 1 is 1.39 bits per heavy atom. The summed E-state index contributed by atoms with van der Waals surface area (Å²) in [5, 5.41) is 3.18. The number of likely N-dealkylation sites (tertiary alicyclic amines) is 1. The fourth-order valence-corrected chi connectivity index (χ4v) is 4.81. The van der Waals surface area contributed by atoms with Gasteiger partial charge in [0.2, 0.25) is 5.91 Å². The van der Waals surface area contributed by atoms with Crippen LogP contribution in [0.3, 0.4) is 0 Å². The minimum Gasteiger partial charge on any atom is -0.353 e. The molecule has 6 heteroatoms. The molecule has 1 N–H and O–H groups in total. The van der Waals surface area contributed by atoms with Crippen molar-refractivity contribution in [2.75, 3.05) is 25.4 Å². The van der Waals surface area contributed by atoms with Gasteiger partial charge in [-0.15, -0.1) is 11.3 Å². The second-order valence-electron chi connectivity index (χ2n) is 5.92. The predicted octanol–water partition coefficient (Wildman–Crippen LogP) is 3.38. The highest BCUT2D eigenvalue weighted by molar-refractivity contribution is 8.01. The second-order valence-corrected chi connectivity index (χ2v) is 8.17. The molecule has 0 radical (unpaired) electrons. The number of benzene rings is 1. The van der Waals surface area contributed by atoms with Crippen LogP contribution in [0.15, 0.2) is 28.6 Å². The first kappa shape index (κ1) is 16.7. The minimum absolute atomic E-state index is 0.128. The smallest absolute Gasteiger partial charge is 0.230 e. The van der Waals surface area contributed by atoms with Crippen molar-refractivity contribution in [1.82, 2.24) is 15.2 Å². The highest BCUT2D eigenvalue weighted by Crippen LogP contribution is 2.29. The zero-order valence-electron chi connectivity index (χ0n) is 13.5. The van der Waals surface area contributed by atoms with Crippen molar-refractivity contribution < 1.29 is 4.79 Å². The van der Waals surface area contributed by atoms with Gasteiger partial charge in [0.1, 0.15) is 0 Å². The molecular formula is C17H23N3OS2. The molecule has 4 nitrogen and oxygen atoms in total. The third-order valence-electron chi connectivity index (χ3n) is 4.09. The summed E-state index contributed by atoms with van der Waals surface area (Å²) < 4.78 is 2.15. The van der Waals surface area contributed by atoms with Crippen molar-refractivity contribution in [2.24, 2.45) is 0 Å². The summed E-state index contributed by atoms with van der Waals surface area (Å²) in [6.07, 6.45) is 3.34. The molecule has 3 rings (SSSR count). The summed E-state index contributed by atoms with van der Waals surface area (Å²) >= 11 is 3.19. The lowest BCUT2D eigenvalue weighted by Gasteiger charge is -2.32. The minimum atomic E-state index is 0.128.